The molecule has 39 heavy (non-hydrogen) atoms. The fourth-order valence-corrected chi connectivity index (χ4v) is 5.58. The van der Waals surface area contributed by atoms with E-state index in [0.29, 0.717) is 22.5 Å². The van der Waals surface area contributed by atoms with Crippen molar-refractivity contribution in [2.45, 2.75) is 63.1 Å². The molecule has 0 spiro atoms. The molecular weight excluding hydrogens is 618 g/mol. The summed E-state index contributed by atoms with van der Waals surface area (Å²) >= 11 is 3.21. The van der Waals surface area contributed by atoms with Crippen LogP contribution in [-0.2, 0) is 6.42 Å². The Labute approximate surface area is 249 Å². The molecule has 1 fully saturated rings. The zero-order valence-electron chi connectivity index (χ0n) is 22.1. The van der Waals surface area contributed by atoms with Crippen molar-refractivity contribution in [3.05, 3.63) is 58.1 Å². The second-order valence-electron chi connectivity index (χ2n) is 10.1. The molecule has 4 N–H and O–H groups in total. The van der Waals surface area contributed by atoms with Crippen molar-refractivity contribution in [1.29, 1.82) is 0 Å². The quantitative estimate of drug-likeness (QED) is 0.276. The van der Waals surface area contributed by atoms with Gasteiger partial charge in [0.25, 0.3) is 0 Å². The van der Waals surface area contributed by atoms with Gasteiger partial charge in [0.15, 0.2) is 5.79 Å². The van der Waals surface area contributed by atoms with E-state index in [-0.39, 0.29) is 36.5 Å². The molecule has 0 bridgehead atoms. The molecule has 218 valence electrons. The number of nitrogens with two attached hydrogens (primary N) is 1. The standard InChI is InChI=1S/C27H35BrF3N5O.2ClH/c1-36(2)25-22-8-3-4-9-23(22)34-26(32,35-25)19-11-14-21(15-12-19)33-16-6-5-7-18-10-13-20(28)17-24(18)37-27(29,30)31;;/h3-4,8-10,13,17,19,21,33-34H,5-7,11-12,14-16,32H2,1-2H3;2*1H. The number of anilines is 1. The van der Waals surface area contributed by atoms with Crippen molar-refractivity contribution >= 4 is 52.3 Å². The largest absolute Gasteiger partial charge is 0.573 e. The first-order chi connectivity index (χ1) is 17.5. The van der Waals surface area contributed by atoms with Crippen LogP contribution in [0, 0.1) is 5.92 Å². The van der Waals surface area contributed by atoms with Crippen LogP contribution in [0.2, 0.25) is 0 Å². The highest BCUT2D eigenvalue weighted by Crippen LogP contribution is 2.37. The van der Waals surface area contributed by atoms with E-state index in [4.69, 9.17) is 10.7 Å². The molecule has 2 aromatic carbocycles. The molecule has 2 aromatic rings. The molecule has 0 amide bonds. The smallest absolute Gasteiger partial charge is 0.405 e. The minimum Gasteiger partial charge on any atom is -0.405 e. The van der Waals surface area contributed by atoms with E-state index in [1.54, 1.807) is 12.1 Å². The molecule has 0 aromatic heterocycles. The van der Waals surface area contributed by atoms with Gasteiger partial charge < -0.3 is 20.3 Å². The molecule has 1 aliphatic heterocycles. The summed E-state index contributed by atoms with van der Waals surface area (Å²) in [5.41, 5.74) is 9.48. The predicted octanol–water partition coefficient (Wildman–Crippen LogP) is 6.71. The lowest BCUT2D eigenvalue weighted by Crippen LogP contribution is -2.57. The van der Waals surface area contributed by atoms with Crippen LogP contribution in [0.4, 0.5) is 18.9 Å². The Morgan fingerprint density at radius 2 is 1.79 bits per heavy atom. The first-order valence-electron chi connectivity index (χ1n) is 12.8. The summed E-state index contributed by atoms with van der Waals surface area (Å²) in [5.74, 6) is 0.146. The molecule has 0 saturated heterocycles. The summed E-state index contributed by atoms with van der Waals surface area (Å²) < 4.78 is 42.9. The van der Waals surface area contributed by atoms with Gasteiger partial charge in [-0.05, 0) is 81.3 Å². The molecule has 4 rings (SSSR count). The van der Waals surface area contributed by atoms with Crippen LogP contribution in [0.3, 0.4) is 0 Å². The number of ether oxygens (including phenoxy) is 1. The molecular formula is C27H37BrCl2F3N5O. The number of benzene rings is 2. The van der Waals surface area contributed by atoms with Crippen molar-refractivity contribution in [3.63, 3.8) is 0 Å². The molecule has 1 saturated carbocycles. The fraction of sp³-hybridized carbons (Fsp3) is 0.519. The lowest BCUT2D eigenvalue weighted by atomic mass is 9.81. The van der Waals surface area contributed by atoms with Gasteiger partial charge in [0.2, 0.25) is 0 Å². The topological polar surface area (TPSA) is 74.9 Å². The molecule has 2 aliphatic rings. The minimum atomic E-state index is -4.70. The van der Waals surface area contributed by atoms with Gasteiger partial charge >= 0.3 is 6.36 Å². The van der Waals surface area contributed by atoms with Crippen LogP contribution in [-0.4, -0.2) is 49.6 Å². The molecule has 6 nitrogen and oxygen atoms in total. The third kappa shape index (κ3) is 8.88. The highest BCUT2D eigenvalue weighted by atomic mass is 79.9. The van der Waals surface area contributed by atoms with Gasteiger partial charge in [0.1, 0.15) is 11.6 Å². The number of amidine groups is 1. The third-order valence-corrected chi connectivity index (χ3v) is 7.62. The number of halogens is 6. The maximum absolute atomic E-state index is 12.7. The number of unbranched alkanes of at least 4 members (excludes halogenated alkanes) is 1. The van der Waals surface area contributed by atoms with Crippen molar-refractivity contribution in [1.82, 2.24) is 10.2 Å². The SMILES string of the molecule is CN(C)C1=NC(N)(C2CCC(NCCCCc3ccc(Br)cc3OC(F)(F)F)CC2)Nc2ccccc21.Cl.Cl. The summed E-state index contributed by atoms with van der Waals surface area (Å²) in [6.45, 7) is 0.823. The highest BCUT2D eigenvalue weighted by molar-refractivity contribution is 9.10. The van der Waals surface area contributed by atoms with Crippen LogP contribution in [0.25, 0.3) is 0 Å². The first kappa shape index (κ1) is 33.5. The summed E-state index contributed by atoms with van der Waals surface area (Å²) in [6.07, 6.45) is 1.42. The molecule has 12 heteroatoms. The normalized spacial score (nSPS) is 22.4. The van der Waals surface area contributed by atoms with Gasteiger partial charge in [-0.1, -0.05) is 34.1 Å². The molecule has 1 aliphatic carbocycles. The van der Waals surface area contributed by atoms with Crippen LogP contribution >= 0.6 is 40.7 Å². The zero-order valence-corrected chi connectivity index (χ0v) is 25.3. The summed E-state index contributed by atoms with van der Waals surface area (Å²) in [7, 11) is 3.98. The number of para-hydroxylation sites is 1. The molecule has 1 unspecified atom stereocenters. The van der Waals surface area contributed by atoms with E-state index in [1.807, 2.05) is 31.1 Å². The number of alkyl halides is 3. The van der Waals surface area contributed by atoms with Gasteiger partial charge in [-0.15, -0.1) is 38.0 Å². The highest BCUT2D eigenvalue weighted by Gasteiger charge is 2.41. The zero-order chi connectivity index (χ0) is 26.6. The number of nitrogens with zero attached hydrogens (tertiary/aromatic N) is 2. The third-order valence-electron chi connectivity index (χ3n) is 7.13. The first-order valence-corrected chi connectivity index (χ1v) is 13.5. The van der Waals surface area contributed by atoms with Crippen LogP contribution in [0.1, 0.15) is 49.7 Å². The number of fused-ring (bicyclic) bond motifs is 1. The number of aliphatic imine (C=N–C) groups is 1. The van der Waals surface area contributed by atoms with E-state index < -0.39 is 12.1 Å². The summed E-state index contributed by atoms with van der Waals surface area (Å²) in [5, 5.41) is 7.12. The van der Waals surface area contributed by atoms with Gasteiger partial charge in [-0.2, -0.15) is 0 Å². The number of nitrogens with one attached hydrogen (secondary N) is 2. The van der Waals surface area contributed by atoms with Gasteiger partial charge in [0, 0.05) is 41.8 Å². The average molecular weight is 655 g/mol. The summed E-state index contributed by atoms with van der Waals surface area (Å²) in [6, 6.07) is 13.3. The number of aryl methyl sites for hydroxylation is 1. The second-order valence-corrected chi connectivity index (χ2v) is 11.0. The maximum Gasteiger partial charge on any atom is 0.573 e. The van der Waals surface area contributed by atoms with Gasteiger partial charge in [-0.3, -0.25) is 5.73 Å². The number of rotatable bonds is 8. The Bertz CT molecular complexity index is 1110. The summed E-state index contributed by atoms with van der Waals surface area (Å²) in [4.78, 5) is 6.97. The monoisotopic (exact) mass is 653 g/mol. The number of hydrogen-bond acceptors (Lipinski definition) is 6. The lowest BCUT2D eigenvalue weighted by molar-refractivity contribution is -0.274. The van der Waals surface area contributed by atoms with Crippen LogP contribution < -0.4 is 21.1 Å². The molecule has 0 radical (unpaired) electrons. The fourth-order valence-electron chi connectivity index (χ4n) is 5.24. The lowest BCUT2D eigenvalue weighted by Gasteiger charge is -2.43. The van der Waals surface area contributed by atoms with Crippen molar-refractivity contribution in [2.75, 3.05) is 26.0 Å². The Hall–Kier alpha value is -1.72. The van der Waals surface area contributed by atoms with Crippen LogP contribution in [0.5, 0.6) is 5.75 Å². The van der Waals surface area contributed by atoms with E-state index in [2.05, 4.69) is 43.4 Å². The Kier molecular flexibility index (Phi) is 12.2. The average Bonchev–Trinajstić information content (AvgIpc) is 2.84. The van der Waals surface area contributed by atoms with E-state index in [9.17, 15) is 13.2 Å². The van der Waals surface area contributed by atoms with Gasteiger partial charge in [-0.25, -0.2) is 4.99 Å². The maximum atomic E-state index is 12.7. The van der Waals surface area contributed by atoms with E-state index >= 15 is 0 Å². The number of hydrogen-bond donors (Lipinski definition) is 3. The van der Waals surface area contributed by atoms with Crippen molar-refractivity contribution < 1.29 is 17.9 Å². The molecule has 1 heterocycles. The van der Waals surface area contributed by atoms with E-state index in [0.717, 1.165) is 62.2 Å². The van der Waals surface area contributed by atoms with Crippen LogP contribution in [0.15, 0.2) is 51.9 Å². The van der Waals surface area contributed by atoms with E-state index in [1.165, 1.54) is 6.07 Å². The Morgan fingerprint density at radius 3 is 2.46 bits per heavy atom. The van der Waals surface area contributed by atoms with Crippen molar-refractivity contribution in [2.24, 2.45) is 16.6 Å². The van der Waals surface area contributed by atoms with Crippen molar-refractivity contribution in [3.8, 4) is 5.75 Å². The Morgan fingerprint density at radius 1 is 1.10 bits per heavy atom. The minimum absolute atomic E-state index is 0. The van der Waals surface area contributed by atoms with Gasteiger partial charge in [0.05, 0.1) is 0 Å². The Balaban J connectivity index is 0.00000267. The predicted molar refractivity (Wildman–Crippen MR) is 159 cm³/mol. The second kappa shape index (κ2) is 14.3. The molecule has 1 atom stereocenters.